The highest BCUT2D eigenvalue weighted by Gasteiger charge is 2.20. The van der Waals surface area contributed by atoms with Crippen molar-refractivity contribution in [3.8, 4) is 28.1 Å². The first-order valence-electron chi connectivity index (χ1n) is 9.62. The van der Waals surface area contributed by atoms with E-state index in [0.29, 0.717) is 15.2 Å². The van der Waals surface area contributed by atoms with Crippen molar-refractivity contribution in [1.29, 1.82) is 0 Å². The summed E-state index contributed by atoms with van der Waals surface area (Å²) in [7, 11) is 0.650. The molecule has 0 bridgehead atoms. The zero-order chi connectivity index (χ0) is 19.5. The summed E-state index contributed by atoms with van der Waals surface area (Å²) in [6.45, 7) is 4.67. The number of imidazole rings is 2. The van der Waals surface area contributed by atoms with Crippen LogP contribution in [0.2, 0.25) is 0 Å². The van der Waals surface area contributed by atoms with E-state index in [0.717, 1.165) is 50.4 Å². The molecule has 0 radical (unpaired) electrons. The van der Waals surface area contributed by atoms with Crippen LogP contribution in [0.5, 0.6) is 5.75 Å². The zero-order valence-corrected chi connectivity index (χ0v) is 17.1. The van der Waals surface area contributed by atoms with Gasteiger partial charge in [0.2, 0.25) is 0 Å². The van der Waals surface area contributed by atoms with E-state index in [1.807, 2.05) is 13.1 Å². The molecule has 1 aliphatic rings. The molecule has 0 spiro atoms. The van der Waals surface area contributed by atoms with Gasteiger partial charge in [-0.3, -0.25) is 0 Å². The van der Waals surface area contributed by atoms with E-state index in [4.69, 9.17) is 9.72 Å². The summed E-state index contributed by atoms with van der Waals surface area (Å²) in [4.78, 5) is 15.8. The Morgan fingerprint density at radius 2 is 1.97 bits per heavy atom. The second-order valence-corrected chi connectivity index (χ2v) is 8.38. The standard InChI is InChI=1S/C23H19N4OP/c1-12-24-10-20(25-12)14-3-5-16-15(7-14)11-28-21-9-17-13(8-18(16)21)4-6-19-22(17)27-23(26-19)29-2/h3-10,29H,11H2,1-2H3,(H,24,25)(H,26,27). The highest BCUT2D eigenvalue weighted by Crippen LogP contribution is 2.42. The van der Waals surface area contributed by atoms with E-state index < -0.39 is 0 Å². The van der Waals surface area contributed by atoms with Gasteiger partial charge < -0.3 is 14.7 Å². The largest absolute Gasteiger partial charge is 0.488 e. The van der Waals surface area contributed by atoms with E-state index in [2.05, 4.69) is 64.1 Å². The molecule has 0 amide bonds. The fraction of sp³-hybridized carbons (Fsp3) is 0.130. The number of fused-ring (bicyclic) bond motifs is 6. The number of H-pyrrole nitrogens is 2. The number of nitrogens with zero attached hydrogens (tertiary/aromatic N) is 2. The molecule has 2 aromatic heterocycles. The molecular weight excluding hydrogens is 379 g/mol. The molecule has 0 fully saturated rings. The van der Waals surface area contributed by atoms with Crippen LogP contribution in [0.25, 0.3) is 44.2 Å². The average molecular weight is 398 g/mol. The van der Waals surface area contributed by atoms with Crippen LogP contribution in [0.4, 0.5) is 0 Å². The van der Waals surface area contributed by atoms with Gasteiger partial charge in [0, 0.05) is 10.9 Å². The molecule has 3 aromatic carbocycles. The highest BCUT2D eigenvalue weighted by atomic mass is 31.1. The molecule has 1 atom stereocenters. The molecule has 6 heteroatoms. The maximum absolute atomic E-state index is 6.17. The molecule has 142 valence electrons. The first kappa shape index (κ1) is 16.8. The maximum atomic E-state index is 6.17. The minimum absolute atomic E-state index is 0.562. The van der Waals surface area contributed by atoms with Gasteiger partial charge >= 0.3 is 0 Å². The summed E-state index contributed by atoms with van der Waals surface area (Å²) >= 11 is 0. The predicted octanol–water partition coefficient (Wildman–Crippen LogP) is 4.91. The predicted molar refractivity (Wildman–Crippen MR) is 120 cm³/mol. The van der Waals surface area contributed by atoms with Crippen LogP contribution in [0.1, 0.15) is 11.4 Å². The Balaban J connectivity index is 1.52. The number of nitrogens with one attached hydrogen (secondary N) is 2. The van der Waals surface area contributed by atoms with Crippen LogP contribution < -0.4 is 10.3 Å². The fourth-order valence-electron chi connectivity index (χ4n) is 4.14. The number of hydrogen-bond donors (Lipinski definition) is 2. The average Bonchev–Trinajstić information content (AvgIpc) is 3.38. The van der Waals surface area contributed by atoms with E-state index in [-0.39, 0.29) is 0 Å². The summed E-state index contributed by atoms with van der Waals surface area (Å²) in [5, 5.41) is 2.31. The van der Waals surface area contributed by atoms with Gasteiger partial charge in [-0.25, -0.2) is 9.97 Å². The van der Waals surface area contributed by atoms with E-state index in [9.17, 15) is 0 Å². The number of aromatic amines is 2. The van der Waals surface area contributed by atoms with Gasteiger partial charge in [0.1, 0.15) is 23.7 Å². The van der Waals surface area contributed by atoms with Gasteiger partial charge in [-0.15, -0.1) is 0 Å². The van der Waals surface area contributed by atoms with Gasteiger partial charge in [-0.1, -0.05) is 26.8 Å². The fourth-order valence-corrected chi connectivity index (χ4v) is 4.62. The summed E-state index contributed by atoms with van der Waals surface area (Å²) < 4.78 is 6.17. The lowest BCUT2D eigenvalue weighted by Crippen LogP contribution is -2.05. The lowest BCUT2D eigenvalue weighted by molar-refractivity contribution is 0.303. The first-order valence-corrected chi connectivity index (χ1v) is 11.1. The Bertz CT molecular complexity index is 1420. The van der Waals surface area contributed by atoms with Crippen molar-refractivity contribution in [3.63, 3.8) is 0 Å². The Morgan fingerprint density at radius 3 is 2.79 bits per heavy atom. The topological polar surface area (TPSA) is 66.6 Å². The summed E-state index contributed by atoms with van der Waals surface area (Å²) in [5.41, 5.74) is 8.86. The molecular formula is C23H19N4OP. The third-order valence-corrected chi connectivity index (χ3v) is 6.31. The minimum Gasteiger partial charge on any atom is -0.488 e. The summed E-state index contributed by atoms with van der Waals surface area (Å²) in [6.07, 6.45) is 1.88. The first-order chi connectivity index (χ1) is 14.2. The van der Waals surface area contributed by atoms with E-state index >= 15 is 0 Å². The van der Waals surface area contributed by atoms with Crippen LogP contribution in [0.3, 0.4) is 0 Å². The Hall–Kier alpha value is -3.17. The van der Waals surface area contributed by atoms with Crippen LogP contribution >= 0.6 is 8.58 Å². The van der Waals surface area contributed by atoms with Crippen LogP contribution in [0.15, 0.2) is 48.7 Å². The lowest BCUT2D eigenvalue weighted by Gasteiger charge is -2.22. The second-order valence-electron chi connectivity index (χ2n) is 7.41. The van der Waals surface area contributed by atoms with Gasteiger partial charge in [0.05, 0.1) is 22.9 Å². The number of aryl methyl sites for hydroxylation is 1. The SMILES string of the molecule is CPc1nc2c(ccc3cc4c(cc32)OCc2cc(-c3cnc(C)[nH]3)ccc2-4)[nH]1. The van der Waals surface area contributed by atoms with E-state index in [1.165, 1.54) is 16.5 Å². The zero-order valence-electron chi connectivity index (χ0n) is 16.1. The smallest absolute Gasteiger partial charge is 0.128 e. The highest BCUT2D eigenvalue weighted by molar-refractivity contribution is 7.45. The Morgan fingerprint density at radius 1 is 1.03 bits per heavy atom. The number of benzene rings is 3. The second kappa shape index (κ2) is 6.16. The number of ether oxygens (including phenoxy) is 1. The van der Waals surface area contributed by atoms with Gasteiger partial charge in [0.25, 0.3) is 0 Å². The van der Waals surface area contributed by atoms with Gasteiger partial charge in [-0.2, -0.15) is 0 Å². The van der Waals surface area contributed by atoms with Crippen molar-refractivity contribution in [2.75, 3.05) is 6.66 Å². The molecule has 5 aromatic rings. The van der Waals surface area contributed by atoms with Crippen LogP contribution in [0, 0.1) is 6.92 Å². The molecule has 1 aliphatic heterocycles. The minimum atomic E-state index is 0.562. The van der Waals surface area contributed by atoms with Crippen molar-refractivity contribution in [2.24, 2.45) is 0 Å². The quantitative estimate of drug-likeness (QED) is 0.415. The van der Waals surface area contributed by atoms with Gasteiger partial charge in [0.15, 0.2) is 0 Å². The molecule has 3 heterocycles. The third-order valence-electron chi connectivity index (χ3n) is 5.60. The van der Waals surface area contributed by atoms with Crippen molar-refractivity contribution in [1.82, 2.24) is 19.9 Å². The van der Waals surface area contributed by atoms with Gasteiger partial charge in [-0.05, 0) is 59.9 Å². The normalized spacial score (nSPS) is 13.2. The molecule has 29 heavy (non-hydrogen) atoms. The van der Waals surface area contributed by atoms with Crippen LogP contribution in [-0.2, 0) is 6.61 Å². The lowest BCUT2D eigenvalue weighted by atomic mass is 9.92. The molecule has 0 saturated heterocycles. The number of rotatable bonds is 2. The van der Waals surface area contributed by atoms with Crippen molar-refractivity contribution >= 4 is 36.0 Å². The maximum Gasteiger partial charge on any atom is 0.128 e. The van der Waals surface area contributed by atoms with Crippen molar-refractivity contribution in [2.45, 2.75) is 13.5 Å². The Labute approximate surface area is 169 Å². The van der Waals surface area contributed by atoms with Crippen LogP contribution in [-0.4, -0.2) is 26.6 Å². The third kappa shape index (κ3) is 2.58. The van der Waals surface area contributed by atoms with Crippen molar-refractivity contribution in [3.05, 3.63) is 60.0 Å². The summed E-state index contributed by atoms with van der Waals surface area (Å²) in [6, 6.07) is 15.2. The van der Waals surface area contributed by atoms with E-state index in [1.54, 1.807) is 0 Å². The molecule has 0 aliphatic carbocycles. The monoisotopic (exact) mass is 398 g/mol. The molecule has 2 N–H and O–H groups in total. The molecule has 0 saturated carbocycles. The molecule has 5 nitrogen and oxygen atoms in total. The number of aromatic nitrogens is 4. The summed E-state index contributed by atoms with van der Waals surface area (Å²) in [5.74, 6) is 1.84. The Kier molecular flexibility index (Phi) is 3.56. The van der Waals surface area contributed by atoms with Crippen molar-refractivity contribution < 1.29 is 4.74 Å². The molecule has 6 rings (SSSR count). The number of hydrogen-bond acceptors (Lipinski definition) is 3. The molecule has 1 unspecified atom stereocenters.